The van der Waals surface area contributed by atoms with E-state index in [-0.39, 0.29) is 11.5 Å². The van der Waals surface area contributed by atoms with Crippen LogP contribution in [0, 0.1) is 6.92 Å². The molecule has 24 heavy (non-hydrogen) atoms. The van der Waals surface area contributed by atoms with Crippen LogP contribution in [0.25, 0.3) is 0 Å². The molecule has 0 bridgehead atoms. The fourth-order valence-electron chi connectivity index (χ4n) is 2.74. The molecule has 1 aliphatic heterocycles. The maximum Gasteiger partial charge on any atom is 0.324 e. The molecule has 1 saturated heterocycles. The van der Waals surface area contributed by atoms with Crippen LogP contribution in [0.1, 0.15) is 24.2 Å². The minimum absolute atomic E-state index is 0.000747. The monoisotopic (exact) mass is 349 g/mol. The number of esters is 1. The van der Waals surface area contributed by atoms with Crippen molar-refractivity contribution < 1.29 is 22.4 Å². The molecule has 0 aliphatic carbocycles. The lowest BCUT2D eigenvalue weighted by Crippen LogP contribution is -2.41. The van der Waals surface area contributed by atoms with Gasteiger partial charge in [-0.2, -0.15) is 4.31 Å². The van der Waals surface area contributed by atoms with E-state index < -0.39 is 22.0 Å². The first kappa shape index (κ1) is 16.7. The maximum atomic E-state index is 12.8. The van der Waals surface area contributed by atoms with Crippen LogP contribution in [0.4, 0.5) is 0 Å². The summed E-state index contributed by atoms with van der Waals surface area (Å²) in [6.07, 6.45) is 2.58. The second-order valence-electron chi connectivity index (χ2n) is 5.77. The number of hydrogen-bond acceptors (Lipinski definition) is 5. The predicted molar refractivity (Wildman–Crippen MR) is 86.6 cm³/mol. The average Bonchev–Trinajstić information content (AvgIpc) is 3.24. The number of nitrogens with zero attached hydrogens (tertiary/aromatic N) is 1. The summed E-state index contributed by atoms with van der Waals surface area (Å²) in [6, 6.07) is 9.23. The summed E-state index contributed by atoms with van der Waals surface area (Å²) in [6.45, 7) is 2.21. The number of carbonyl (C=O) groups excluding carboxylic acids is 1. The number of sulfonamides is 1. The Morgan fingerprint density at radius 3 is 2.71 bits per heavy atom. The van der Waals surface area contributed by atoms with Gasteiger partial charge in [0.05, 0.1) is 11.2 Å². The van der Waals surface area contributed by atoms with E-state index in [4.69, 9.17) is 9.15 Å². The summed E-state index contributed by atoms with van der Waals surface area (Å²) < 4.78 is 37.1. The van der Waals surface area contributed by atoms with Gasteiger partial charge < -0.3 is 9.15 Å². The van der Waals surface area contributed by atoms with Crippen molar-refractivity contribution in [3.8, 4) is 0 Å². The Balaban J connectivity index is 1.74. The van der Waals surface area contributed by atoms with Gasteiger partial charge in [-0.15, -0.1) is 0 Å². The quantitative estimate of drug-likeness (QED) is 0.775. The normalized spacial score (nSPS) is 18.6. The second-order valence-corrected chi connectivity index (χ2v) is 7.66. The lowest BCUT2D eigenvalue weighted by molar-refractivity contribution is -0.149. The zero-order chi connectivity index (χ0) is 17.2. The second kappa shape index (κ2) is 6.78. The molecule has 7 heteroatoms. The predicted octanol–water partition coefficient (Wildman–Crippen LogP) is 2.48. The van der Waals surface area contributed by atoms with E-state index in [0.29, 0.717) is 25.1 Å². The van der Waals surface area contributed by atoms with Crippen molar-refractivity contribution >= 4 is 16.0 Å². The van der Waals surface area contributed by atoms with Gasteiger partial charge in [0.1, 0.15) is 18.4 Å². The van der Waals surface area contributed by atoms with E-state index in [1.54, 1.807) is 36.4 Å². The highest BCUT2D eigenvalue weighted by Crippen LogP contribution is 2.27. The van der Waals surface area contributed by atoms with E-state index in [1.807, 2.05) is 6.92 Å². The number of rotatable bonds is 5. The molecule has 1 fully saturated rings. The van der Waals surface area contributed by atoms with Gasteiger partial charge in [-0.1, -0.05) is 17.7 Å². The number of furan rings is 1. The van der Waals surface area contributed by atoms with Gasteiger partial charge in [0, 0.05) is 6.54 Å². The molecular weight excluding hydrogens is 330 g/mol. The maximum absolute atomic E-state index is 12.8. The highest BCUT2D eigenvalue weighted by molar-refractivity contribution is 7.89. The van der Waals surface area contributed by atoms with E-state index in [0.717, 1.165) is 5.56 Å². The zero-order valence-electron chi connectivity index (χ0n) is 13.3. The van der Waals surface area contributed by atoms with E-state index in [1.165, 1.54) is 10.6 Å². The first-order chi connectivity index (χ1) is 11.5. The summed E-state index contributed by atoms with van der Waals surface area (Å²) in [5, 5.41) is 0. The molecule has 1 aliphatic rings. The Morgan fingerprint density at radius 2 is 2.04 bits per heavy atom. The zero-order valence-corrected chi connectivity index (χ0v) is 14.2. The molecule has 0 radical (unpaired) electrons. The van der Waals surface area contributed by atoms with E-state index >= 15 is 0 Å². The SMILES string of the molecule is Cc1ccc(S(=O)(=O)N2CCC[C@@H]2C(=O)OCc2ccco2)cc1. The fourth-order valence-corrected chi connectivity index (χ4v) is 4.39. The highest BCUT2D eigenvalue weighted by Gasteiger charge is 2.40. The minimum Gasteiger partial charge on any atom is -0.466 e. The van der Waals surface area contributed by atoms with Gasteiger partial charge in [0.2, 0.25) is 10.0 Å². The topological polar surface area (TPSA) is 76.8 Å². The minimum atomic E-state index is -3.71. The molecule has 1 atom stereocenters. The molecule has 2 heterocycles. The van der Waals surface area contributed by atoms with Gasteiger partial charge in [0.15, 0.2) is 0 Å². The number of carbonyl (C=O) groups is 1. The Morgan fingerprint density at radius 1 is 1.29 bits per heavy atom. The number of benzene rings is 1. The van der Waals surface area contributed by atoms with Crippen molar-refractivity contribution in [2.75, 3.05) is 6.54 Å². The van der Waals surface area contributed by atoms with Gasteiger partial charge in [-0.25, -0.2) is 8.42 Å². The Bertz CT molecular complexity index is 796. The van der Waals surface area contributed by atoms with Crippen molar-refractivity contribution in [2.24, 2.45) is 0 Å². The highest BCUT2D eigenvalue weighted by atomic mass is 32.2. The van der Waals surface area contributed by atoms with Crippen LogP contribution in [-0.4, -0.2) is 31.3 Å². The third-order valence-corrected chi connectivity index (χ3v) is 5.96. The van der Waals surface area contributed by atoms with Gasteiger partial charge in [0.25, 0.3) is 0 Å². The molecule has 0 unspecified atom stereocenters. The Labute approximate surface area is 141 Å². The Hall–Kier alpha value is -2.12. The first-order valence-electron chi connectivity index (χ1n) is 7.76. The van der Waals surface area contributed by atoms with Crippen LogP contribution in [0.2, 0.25) is 0 Å². The Kier molecular flexibility index (Phi) is 4.73. The van der Waals surface area contributed by atoms with Crippen LogP contribution >= 0.6 is 0 Å². The molecule has 128 valence electrons. The number of hydrogen-bond donors (Lipinski definition) is 0. The summed E-state index contributed by atoms with van der Waals surface area (Å²) >= 11 is 0. The van der Waals surface area contributed by atoms with Crippen LogP contribution in [0.3, 0.4) is 0 Å². The molecule has 2 aromatic rings. The molecule has 0 spiro atoms. The largest absolute Gasteiger partial charge is 0.466 e. The van der Waals surface area contributed by atoms with Crippen LogP contribution in [0.15, 0.2) is 52.0 Å². The lowest BCUT2D eigenvalue weighted by atomic mass is 10.2. The van der Waals surface area contributed by atoms with Crippen LogP contribution < -0.4 is 0 Å². The summed E-state index contributed by atoms with van der Waals surface area (Å²) in [5.74, 6) is -0.0196. The van der Waals surface area contributed by atoms with Crippen LogP contribution in [0.5, 0.6) is 0 Å². The van der Waals surface area contributed by atoms with E-state index in [2.05, 4.69) is 0 Å². The molecule has 0 saturated carbocycles. The summed E-state index contributed by atoms with van der Waals surface area (Å²) in [4.78, 5) is 12.5. The smallest absolute Gasteiger partial charge is 0.324 e. The third kappa shape index (κ3) is 3.37. The fraction of sp³-hybridized carbons (Fsp3) is 0.353. The molecule has 3 rings (SSSR count). The number of aryl methyl sites for hydroxylation is 1. The summed E-state index contributed by atoms with van der Waals surface area (Å²) in [5.41, 5.74) is 0.977. The van der Waals surface area contributed by atoms with Crippen molar-refractivity contribution in [3.63, 3.8) is 0 Å². The van der Waals surface area contributed by atoms with E-state index in [9.17, 15) is 13.2 Å². The molecule has 0 N–H and O–H groups in total. The van der Waals surface area contributed by atoms with Gasteiger partial charge in [-0.05, 0) is 44.0 Å². The molecular formula is C17H19NO5S. The lowest BCUT2D eigenvalue weighted by Gasteiger charge is -2.22. The average molecular weight is 349 g/mol. The third-order valence-electron chi connectivity index (χ3n) is 4.04. The van der Waals surface area contributed by atoms with Gasteiger partial charge in [-0.3, -0.25) is 4.79 Å². The van der Waals surface area contributed by atoms with Crippen molar-refractivity contribution in [1.82, 2.24) is 4.31 Å². The molecule has 1 aromatic heterocycles. The molecule has 6 nitrogen and oxygen atoms in total. The molecule has 0 amide bonds. The van der Waals surface area contributed by atoms with Crippen molar-refractivity contribution in [2.45, 2.75) is 37.3 Å². The summed E-state index contributed by atoms with van der Waals surface area (Å²) in [7, 11) is -3.71. The van der Waals surface area contributed by atoms with Crippen molar-refractivity contribution in [1.29, 1.82) is 0 Å². The standard InChI is InChI=1S/C17H19NO5S/c1-13-6-8-15(9-7-13)24(20,21)18-10-2-5-16(18)17(19)23-12-14-4-3-11-22-14/h3-4,6-9,11,16H,2,5,10,12H2,1H3/t16-/m1/s1. The van der Waals surface area contributed by atoms with Crippen LogP contribution in [-0.2, 0) is 26.2 Å². The van der Waals surface area contributed by atoms with Crippen molar-refractivity contribution in [3.05, 3.63) is 54.0 Å². The number of ether oxygens (including phenoxy) is 1. The molecule has 1 aromatic carbocycles. The van der Waals surface area contributed by atoms with Gasteiger partial charge >= 0.3 is 5.97 Å². The first-order valence-corrected chi connectivity index (χ1v) is 9.20.